The Hall–Kier alpha value is -3.32. The number of esters is 1. The summed E-state index contributed by atoms with van der Waals surface area (Å²) < 4.78 is 16.8. The molecule has 1 N–H and O–H groups in total. The van der Waals surface area contributed by atoms with Gasteiger partial charge in [-0.25, -0.2) is 4.79 Å². The third kappa shape index (κ3) is 6.97. The molecular weight excluding hydrogens is 438 g/mol. The third-order valence-electron chi connectivity index (χ3n) is 3.61. The summed E-state index contributed by atoms with van der Waals surface area (Å²) in [7, 11) is 0. The van der Waals surface area contributed by atoms with Crippen LogP contribution in [0.2, 0.25) is 0 Å². The Morgan fingerprint density at radius 3 is 2.31 bits per heavy atom. The lowest BCUT2D eigenvalue weighted by Crippen LogP contribution is -2.23. The molecule has 0 heterocycles. The Kier molecular flexibility index (Phi) is 7.24. The average molecular weight is 456 g/mol. The number of para-hydroxylation sites is 1. The maximum atomic E-state index is 12.0. The zero-order valence-corrected chi connectivity index (χ0v) is 16.9. The van der Waals surface area contributed by atoms with Crippen LogP contribution in [0.25, 0.3) is 0 Å². The van der Waals surface area contributed by atoms with E-state index in [0.29, 0.717) is 22.9 Å². The van der Waals surface area contributed by atoms with Crippen LogP contribution < -0.4 is 14.8 Å². The molecule has 0 unspecified atom stereocenters. The number of halogens is 1. The number of nitrogens with one attached hydrogen (secondary N) is 1. The topological polar surface area (TPSA) is 73.9 Å². The van der Waals surface area contributed by atoms with Gasteiger partial charge in [0.2, 0.25) is 0 Å². The van der Waals surface area contributed by atoms with Crippen molar-refractivity contribution < 1.29 is 23.8 Å². The molecule has 0 saturated heterocycles. The minimum atomic E-state index is -0.638. The van der Waals surface area contributed by atoms with Gasteiger partial charge in [0, 0.05) is 16.2 Å². The standard InChI is InChI=1S/C22H18BrNO5/c23-16-6-4-10-19(12-16)27-15-22(26)28-14-21(25)24-17-7-5-11-20(13-17)29-18-8-2-1-3-9-18/h1-13H,14-15H2,(H,24,25). The predicted octanol–water partition coefficient (Wildman–Crippen LogP) is 4.80. The van der Waals surface area contributed by atoms with E-state index in [2.05, 4.69) is 21.2 Å². The van der Waals surface area contributed by atoms with E-state index in [1.54, 1.807) is 42.5 Å². The molecule has 0 bridgehead atoms. The van der Waals surface area contributed by atoms with Crippen LogP contribution in [0.3, 0.4) is 0 Å². The summed E-state index contributed by atoms with van der Waals surface area (Å²) in [5.41, 5.74) is 0.532. The first-order valence-electron chi connectivity index (χ1n) is 8.75. The molecule has 0 aromatic heterocycles. The van der Waals surface area contributed by atoms with Crippen LogP contribution in [0.1, 0.15) is 0 Å². The van der Waals surface area contributed by atoms with Crippen LogP contribution in [0.15, 0.2) is 83.3 Å². The summed E-state index contributed by atoms with van der Waals surface area (Å²) >= 11 is 3.32. The SMILES string of the molecule is O=C(COC(=O)COc1cccc(Br)c1)Nc1cccc(Oc2ccccc2)c1. The highest BCUT2D eigenvalue weighted by atomic mass is 79.9. The fourth-order valence-corrected chi connectivity index (χ4v) is 2.72. The molecule has 148 valence electrons. The third-order valence-corrected chi connectivity index (χ3v) is 4.11. The Bertz CT molecular complexity index is 978. The number of carbonyl (C=O) groups excluding carboxylic acids is 2. The summed E-state index contributed by atoms with van der Waals surface area (Å²) in [6, 6.07) is 23.3. The number of ether oxygens (including phenoxy) is 3. The number of anilines is 1. The largest absolute Gasteiger partial charge is 0.482 e. The van der Waals surface area contributed by atoms with Crippen molar-refractivity contribution in [3.05, 3.63) is 83.3 Å². The second-order valence-corrected chi connectivity index (χ2v) is 6.81. The molecule has 0 aliphatic heterocycles. The zero-order valence-electron chi connectivity index (χ0n) is 15.3. The summed E-state index contributed by atoms with van der Waals surface area (Å²) in [5, 5.41) is 2.66. The lowest BCUT2D eigenvalue weighted by molar-refractivity contribution is -0.149. The molecule has 0 aliphatic rings. The van der Waals surface area contributed by atoms with Gasteiger partial charge in [-0.15, -0.1) is 0 Å². The highest BCUT2D eigenvalue weighted by Crippen LogP contribution is 2.23. The van der Waals surface area contributed by atoms with Crippen molar-refractivity contribution >= 4 is 33.5 Å². The van der Waals surface area contributed by atoms with Gasteiger partial charge in [-0.3, -0.25) is 4.79 Å². The highest BCUT2D eigenvalue weighted by Gasteiger charge is 2.10. The molecular formula is C22H18BrNO5. The smallest absolute Gasteiger partial charge is 0.344 e. The minimum absolute atomic E-state index is 0.288. The van der Waals surface area contributed by atoms with E-state index in [1.807, 2.05) is 36.4 Å². The summed E-state index contributed by atoms with van der Waals surface area (Å²) in [6.45, 7) is -0.700. The molecule has 0 atom stereocenters. The Balaban J connectivity index is 1.44. The molecule has 0 saturated carbocycles. The molecule has 0 spiro atoms. The molecule has 1 amide bonds. The number of hydrogen-bond acceptors (Lipinski definition) is 5. The second kappa shape index (κ2) is 10.3. The summed E-state index contributed by atoms with van der Waals surface area (Å²) in [6.07, 6.45) is 0. The normalized spacial score (nSPS) is 10.1. The van der Waals surface area contributed by atoms with Gasteiger partial charge in [0.25, 0.3) is 5.91 Å². The van der Waals surface area contributed by atoms with Crippen molar-refractivity contribution in [2.45, 2.75) is 0 Å². The minimum Gasteiger partial charge on any atom is -0.482 e. The molecule has 29 heavy (non-hydrogen) atoms. The van der Waals surface area contributed by atoms with Gasteiger partial charge in [0.1, 0.15) is 17.2 Å². The van der Waals surface area contributed by atoms with E-state index in [9.17, 15) is 9.59 Å². The fraction of sp³-hybridized carbons (Fsp3) is 0.0909. The van der Waals surface area contributed by atoms with Crippen LogP contribution >= 0.6 is 15.9 Å². The first-order chi connectivity index (χ1) is 14.1. The number of rotatable bonds is 8. The molecule has 3 aromatic carbocycles. The quantitative estimate of drug-likeness (QED) is 0.493. The first kappa shape index (κ1) is 20.4. The molecule has 0 radical (unpaired) electrons. The monoisotopic (exact) mass is 455 g/mol. The van der Waals surface area contributed by atoms with Gasteiger partial charge in [0.15, 0.2) is 13.2 Å². The van der Waals surface area contributed by atoms with Gasteiger partial charge < -0.3 is 19.5 Å². The number of amides is 1. The van der Waals surface area contributed by atoms with Crippen molar-refractivity contribution in [2.24, 2.45) is 0 Å². The number of hydrogen-bond donors (Lipinski definition) is 1. The van der Waals surface area contributed by atoms with Crippen LogP contribution in [-0.2, 0) is 14.3 Å². The molecule has 0 fully saturated rings. The molecule has 3 aromatic rings. The van der Waals surface area contributed by atoms with E-state index in [1.165, 1.54) is 0 Å². The Labute approximate surface area is 176 Å². The first-order valence-corrected chi connectivity index (χ1v) is 9.54. The zero-order chi connectivity index (χ0) is 20.5. The molecule has 0 aliphatic carbocycles. The van der Waals surface area contributed by atoms with Crippen molar-refractivity contribution in [1.82, 2.24) is 0 Å². The van der Waals surface area contributed by atoms with Gasteiger partial charge in [-0.1, -0.05) is 46.3 Å². The maximum Gasteiger partial charge on any atom is 0.344 e. The number of carbonyl (C=O) groups is 2. The van der Waals surface area contributed by atoms with Gasteiger partial charge in [-0.2, -0.15) is 0 Å². The summed E-state index contributed by atoms with van der Waals surface area (Å²) in [4.78, 5) is 23.8. The van der Waals surface area contributed by atoms with Crippen molar-refractivity contribution in [1.29, 1.82) is 0 Å². The van der Waals surface area contributed by atoms with E-state index < -0.39 is 18.5 Å². The Morgan fingerprint density at radius 1 is 0.793 bits per heavy atom. The lowest BCUT2D eigenvalue weighted by Gasteiger charge is -2.10. The predicted molar refractivity (Wildman–Crippen MR) is 112 cm³/mol. The van der Waals surface area contributed by atoms with E-state index in [0.717, 1.165) is 4.47 Å². The molecule has 3 rings (SSSR count). The van der Waals surface area contributed by atoms with Crippen molar-refractivity contribution in [3.8, 4) is 17.2 Å². The molecule has 6 nitrogen and oxygen atoms in total. The maximum absolute atomic E-state index is 12.0. The van der Waals surface area contributed by atoms with E-state index in [-0.39, 0.29) is 6.61 Å². The lowest BCUT2D eigenvalue weighted by atomic mass is 10.3. The highest BCUT2D eigenvalue weighted by molar-refractivity contribution is 9.10. The average Bonchev–Trinajstić information content (AvgIpc) is 2.72. The van der Waals surface area contributed by atoms with Crippen molar-refractivity contribution in [3.63, 3.8) is 0 Å². The van der Waals surface area contributed by atoms with E-state index in [4.69, 9.17) is 14.2 Å². The van der Waals surface area contributed by atoms with E-state index >= 15 is 0 Å². The fourth-order valence-electron chi connectivity index (χ4n) is 2.35. The van der Waals surface area contributed by atoms with Gasteiger partial charge in [0.05, 0.1) is 0 Å². The van der Waals surface area contributed by atoms with Gasteiger partial charge >= 0.3 is 5.97 Å². The van der Waals surface area contributed by atoms with Crippen LogP contribution in [0.4, 0.5) is 5.69 Å². The Morgan fingerprint density at radius 2 is 1.52 bits per heavy atom. The number of benzene rings is 3. The summed E-state index contributed by atoms with van der Waals surface area (Å²) in [5.74, 6) is 0.693. The van der Waals surface area contributed by atoms with Crippen LogP contribution in [-0.4, -0.2) is 25.1 Å². The van der Waals surface area contributed by atoms with Crippen LogP contribution in [0, 0.1) is 0 Å². The van der Waals surface area contributed by atoms with Crippen molar-refractivity contribution in [2.75, 3.05) is 18.5 Å². The van der Waals surface area contributed by atoms with Crippen LogP contribution in [0.5, 0.6) is 17.2 Å². The van der Waals surface area contributed by atoms with Gasteiger partial charge in [-0.05, 0) is 42.5 Å². The molecule has 7 heteroatoms. The second-order valence-electron chi connectivity index (χ2n) is 5.90.